The summed E-state index contributed by atoms with van der Waals surface area (Å²) in [6.45, 7) is 0.568. The molecule has 0 aliphatic carbocycles. The van der Waals surface area contributed by atoms with Gasteiger partial charge in [0.25, 0.3) is 0 Å². The van der Waals surface area contributed by atoms with E-state index in [1.165, 1.54) is 18.2 Å². The number of para-hydroxylation sites is 1. The van der Waals surface area contributed by atoms with E-state index < -0.39 is 22.4 Å². The first-order valence-corrected chi connectivity index (χ1v) is 10.6. The third kappa shape index (κ3) is 5.72. The predicted molar refractivity (Wildman–Crippen MR) is 126 cm³/mol. The van der Waals surface area contributed by atoms with Crippen LogP contribution in [0.5, 0.6) is 0 Å². The van der Waals surface area contributed by atoms with E-state index in [1.54, 1.807) is 4.90 Å². The third-order valence-electron chi connectivity index (χ3n) is 5.20. The minimum Gasteiger partial charge on any atom is -0.342 e. The Morgan fingerprint density at radius 2 is 1.37 bits per heavy atom. The lowest BCUT2D eigenvalue weighted by atomic mass is 10.1. The summed E-state index contributed by atoms with van der Waals surface area (Å²) in [5.41, 5.74) is -0.0526. The molecule has 178 valence electrons. The molecule has 4 rings (SSSR count). The van der Waals surface area contributed by atoms with Crippen LogP contribution in [0.4, 0.5) is 36.2 Å². The molecule has 1 heterocycles. The normalized spacial score (nSPS) is 11.2. The summed E-state index contributed by atoms with van der Waals surface area (Å²) in [5, 5.41) is 14.7. The molecular weight excluding hydrogens is 459 g/mol. The average Bonchev–Trinajstić information content (AvgIpc) is 2.84. The summed E-state index contributed by atoms with van der Waals surface area (Å²) in [6, 6.07) is 23.4. The van der Waals surface area contributed by atoms with Crippen LogP contribution in [0.3, 0.4) is 0 Å². The van der Waals surface area contributed by atoms with Crippen molar-refractivity contribution in [3.63, 3.8) is 0 Å². The van der Waals surface area contributed by atoms with Gasteiger partial charge in [-0.2, -0.15) is 13.2 Å². The molecule has 0 atom stereocenters. The highest BCUT2D eigenvalue weighted by Gasteiger charge is 2.34. The molecule has 0 aliphatic heterocycles. The van der Waals surface area contributed by atoms with Crippen LogP contribution in [0.15, 0.2) is 91.3 Å². The van der Waals surface area contributed by atoms with Crippen molar-refractivity contribution in [3.8, 4) is 0 Å². The summed E-state index contributed by atoms with van der Waals surface area (Å²) in [6.07, 6.45) is -3.55. The molecule has 4 aromatic rings. The van der Waals surface area contributed by atoms with E-state index in [0.717, 1.165) is 23.5 Å². The van der Waals surface area contributed by atoms with Crippen LogP contribution >= 0.6 is 0 Å². The monoisotopic (exact) mass is 479 g/mol. The number of hydrogen-bond acceptors (Lipinski definition) is 6. The lowest BCUT2D eigenvalue weighted by molar-refractivity contribution is -0.383. The second-order valence-electron chi connectivity index (χ2n) is 7.65. The van der Waals surface area contributed by atoms with Gasteiger partial charge >= 0.3 is 11.9 Å². The number of nitro groups is 1. The van der Waals surface area contributed by atoms with E-state index in [4.69, 9.17) is 0 Å². The van der Waals surface area contributed by atoms with Crippen LogP contribution < -0.4 is 10.2 Å². The van der Waals surface area contributed by atoms with Crippen molar-refractivity contribution in [2.75, 3.05) is 10.2 Å². The van der Waals surface area contributed by atoms with Crippen molar-refractivity contribution in [2.24, 2.45) is 0 Å². The molecule has 7 nitrogen and oxygen atoms in total. The van der Waals surface area contributed by atoms with Crippen molar-refractivity contribution >= 4 is 23.0 Å². The number of nitrogens with one attached hydrogen (secondary N) is 1. The Labute approximate surface area is 199 Å². The van der Waals surface area contributed by atoms with Crippen LogP contribution in [-0.4, -0.2) is 14.9 Å². The van der Waals surface area contributed by atoms with Crippen LogP contribution in [0, 0.1) is 10.1 Å². The highest BCUT2D eigenvalue weighted by molar-refractivity contribution is 5.75. The van der Waals surface area contributed by atoms with Crippen molar-refractivity contribution in [1.29, 1.82) is 0 Å². The zero-order valence-electron chi connectivity index (χ0n) is 18.3. The van der Waals surface area contributed by atoms with Crippen LogP contribution in [0.2, 0.25) is 0 Å². The molecule has 10 heteroatoms. The fraction of sp³-hybridized carbons (Fsp3) is 0.120. The number of benzene rings is 3. The molecule has 0 spiro atoms. The van der Waals surface area contributed by atoms with Crippen molar-refractivity contribution in [3.05, 3.63) is 118 Å². The molecule has 1 aromatic heterocycles. The lowest BCUT2D eigenvalue weighted by Gasteiger charge is -2.24. The molecule has 0 saturated carbocycles. The molecule has 0 fully saturated rings. The SMILES string of the molecule is O=[N+]([O-])c1c(Nc2ccccc2C(F)(F)F)ncnc1N(Cc1ccccc1)Cc1ccccc1. The van der Waals surface area contributed by atoms with Gasteiger partial charge in [-0.1, -0.05) is 72.8 Å². The van der Waals surface area contributed by atoms with Crippen LogP contribution in [0.25, 0.3) is 0 Å². The predicted octanol–water partition coefficient (Wildman–Crippen LogP) is 6.35. The number of nitrogens with zero attached hydrogens (tertiary/aromatic N) is 4. The minimum atomic E-state index is -4.65. The molecule has 1 N–H and O–H groups in total. The number of aromatic nitrogens is 2. The number of alkyl halides is 3. The Bertz CT molecular complexity index is 1260. The maximum absolute atomic E-state index is 13.5. The van der Waals surface area contributed by atoms with Gasteiger partial charge in [-0.25, -0.2) is 9.97 Å². The zero-order chi connectivity index (χ0) is 24.8. The van der Waals surface area contributed by atoms with Gasteiger partial charge in [-0.3, -0.25) is 10.1 Å². The molecule has 0 aliphatic rings. The first-order valence-electron chi connectivity index (χ1n) is 10.6. The van der Waals surface area contributed by atoms with E-state index >= 15 is 0 Å². The van der Waals surface area contributed by atoms with Crippen molar-refractivity contribution in [2.45, 2.75) is 19.3 Å². The quantitative estimate of drug-likeness (QED) is 0.234. The second-order valence-corrected chi connectivity index (χ2v) is 7.65. The number of anilines is 3. The topological polar surface area (TPSA) is 84.2 Å². The van der Waals surface area contributed by atoms with Gasteiger partial charge in [0, 0.05) is 13.1 Å². The second kappa shape index (κ2) is 10.2. The smallest absolute Gasteiger partial charge is 0.342 e. The number of halogens is 3. The summed E-state index contributed by atoms with van der Waals surface area (Å²) >= 11 is 0. The van der Waals surface area contributed by atoms with Crippen LogP contribution in [-0.2, 0) is 19.3 Å². The Morgan fingerprint density at radius 3 is 1.91 bits per heavy atom. The zero-order valence-corrected chi connectivity index (χ0v) is 18.3. The molecular formula is C25H20F3N5O2. The molecule has 0 amide bonds. The summed E-state index contributed by atoms with van der Waals surface area (Å²) in [7, 11) is 0. The highest BCUT2D eigenvalue weighted by Crippen LogP contribution is 2.39. The van der Waals surface area contributed by atoms with Gasteiger partial charge in [0.1, 0.15) is 6.33 Å². The Morgan fingerprint density at radius 1 is 0.829 bits per heavy atom. The highest BCUT2D eigenvalue weighted by atomic mass is 19.4. The maximum atomic E-state index is 13.5. The molecule has 0 radical (unpaired) electrons. The first kappa shape index (κ1) is 23.7. The molecule has 0 saturated heterocycles. The Kier molecular flexibility index (Phi) is 6.91. The van der Waals surface area contributed by atoms with E-state index in [-0.39, 0.29) is 30.4 Å². The summed E-state index contributed by atoms with van der Waals surface area (Å²) in [5.74, 6) is -0.340. The minimum absolute atomic E-state index is 0.00954. The summed E-state index contributed by atoms with van der Waals surface area (Å²) in [4.78, 5) is 21.3. The molecule has 3 aromatic carbocycles. The Hall–Kier alpha value is -4.47. The maximum Gasteiger partial charge on any atom is 0.418 e. The van der Waals surface area contributed by atoms with Crippen molar-refractivity contribution < 1.29 is 18.1 Å². The van der Waals surface area contributed by atoms with Gasteiger partial charge in [0.05, 0.1) is 16.2 Å². The molecule has 0 bridgehead atoms. The third-order valence-corrected chi connectivity index (χ3v) is 5.20. The fourth-order valence-electron chi connectivity index (χ4n) is 3.64. The van der Waals surface area contributed by atoms with Gasteiger partial charge in [0.2, 0.25) is 11.6 Å². The number of rotatable bonds is 8. The van der Waals surface area contributed by atoms with Gasteiger partial charge in [-0.15, -0.1) is 0 Å². The number of hydrogen-bond donors (Lipinski definition) is 1. The largest absolute Gasteiger partial charge is 0.418 e. The average molecular weight is 479 g/mol. The van der Waals surface area contributed by atoms with Crippen LogP contribution in [0.1, 0.15) is 16.7 Å². The van der Waals surface area contributed by atoms with Gasteiger partial charge in [-0.05, 0) is 23.3 Å². The standard InChI is InChI=1S/C25H20F3N5O2/c26-25(27,28)20-13-7-8-14-21(20)31-23-22(33(34)35)24(30-17-29-23)32(15-18-9-3-1-4-10-18)16-19-11-5-2-6-12-19/h1-14,17H,15-16H2,(H,29,30,31). The summed E-state index contributed by atoms with van der Waals surface area (Å²) < 4.78 is 40.5. The van der Waals surface area contributed by atoms with E-state index in [1.807, 2.05) is 60.7 Å². The molecule has 35 heavy (non-hydrogen) atoms. The Balaban J connectivity index is 1.78. The van der Waals surface area contributed by atoms with E-state index in [2.05, 4.69) is 15.3 Å². The van der Waals surface area contributed by atoms with Crippen molar-refractivity contribution in [1.82, 2.24) is 9.97 Å². The van der Waals surface area contributed by atoms with E-state index in [9.17, 15) is 23.3 Å². The molecule has 0 unspecified atom stereocenters. The van der Waals surface area contributed by atoms with E-state index in [0.29, 0.717) is 0 Å². The fourth-order valence-corrected chi connectivity index (χ4v) is 3.64. The first-order chi connectivity index (χ1) is 16.8. The lowest BCUT2D eigenvalue weighted by Crippen LogP contribution is -2.24. The van der Waals surface area contributed by atoms with Gasteiger partial charge in [0.15, 0.2) is 0 Å². The van der Waals surface area contributed by atoms with Gasteiger partial charge < -0.3 is 10.2 Å².